The van der Waals surface area contributed by atoms with E-state index in [4.69, 9.17) is 0 Å². The van der Waals surface area contributed by atoms with Crippen LogP contribution in [0.1, 0.15) is 65.2 Å². The van der Waals surface area contributed by atoms with Crippen molar-refractivity contribution in [1.82, 2.24) is 0 Å². The molecule has 0 amide bonds. The van der Waals surface area contributed by atoms with E-state index < -0.39 is 9.84 Å². The largest absolute Gasteiger partial charge is 0.228 e. The maximum atomic E-state index is 11.6. The number of rotatable bonds is 10. The molecule has 1 atom stereocenters. The lowest BCUT2D eigenvalue weighted by Gasteiger charge is -2.13. The smallest absolute Gasteiger partial charge is 0.163 e. The van der Waals surface area contributed by atoms with Crippen LogP contribution >= 0.6 is 15.9 Å². The van der Waals surface area contributed by atoms with E-state index in [1.165, 1.54) is 32.1 Å². The third kappa shape index (κ3) is 6.89. The van der Waals surface area contributed by atoms with Gasteiger partial charge in [0.25, 0.3) is 0 Å². The minimum Gasteiger partial charge on any atom is -0.228 e. The highest BCUT2D eigenvalue weighted by atomic mass is 79.9. The number of alkyl halides is 1. The van der Waals surface area contributed by atoms with E-state index >= 15 is 0 Å². The van der Waals surface area contributed by atoms with Crippen LogP contribution < -0.4 is 0 Å². The SMILES string of the molecule is CCCCCCCCC(CC)S(=O)(=O)CBr. The van der Waals surface area contributed by atoms with E-state index in [-0.39, 0.29) is 9.91 Å². The molecular weight excluding hydrogens is 288 g/mol. The van der Waals surface area contributed by atoms with Gasteiger partial charge in [0.2, 0.25) is 0 Å². The molecule has 1 unspecified atom stereocenters. The van der Waals surface area contributed by atoms with Crippen LogP contribution in [0.4, 0.5) is 0 Å². The van der Waals surface area contributed by atoms with E-state index in [0.717, 1.165) is 19.3 Å². The van der Waals surface area contributed by atoms with Crippen LogP contribution in [-0.4, -0.2) is 18.3 Å². The highest BCUT2D eigenvalue weighted by Crippen LogP contribution is 2.17. The van der Waals surface area contributed by atoms with Gasteiger partial charge in [-0.3, -0.25) is 0 Å². The van der Waals surface area contributed by atoms with Crippen LogP contribution in [0.2, 0.25) is 0 Å². The molecule has 4 heteroatoms. The first kappa shape index (κ1) is 16.4. The Bertz CT molecular complexity index is 250. The Labute approximate surface area is 109 Å². The van der Waals surface area contributed by atoms with E-state index in [1.807, 2.05) is 6.92 Å². The normalized spacial score (nSPS) is 13.9. The van der Waals surface area contributed by atoms with Crippen LogP contribution in [0.15, 0.2) is 0 Å². The Kier molecular flexibility index (Phi) is 9.71. The zero-order valence-corrected chi connectivity index (χ0v) is 12.9. The highest BCUT2D eigenvalue weighted by molar-refractivity contribution is 9.10. The van der Waals surface area contributed by atoms with Crippen LogP contribution in [0.25, 0.3) is 0 Å². The van der Waals surface area contributed by atoms with Crippen LogP contribution in [-0.2, 0) is 9.84 Å². The van der Waals surface area contributed by atoms with E-state index in [1.54, 1.807) is 0 Å². The van der Waals surface area contributed by atoms with E-state index in [0.29, 0.717) is 0 Å². The summed E-state index contributed by atoms with van der Waals surface area (Å²) >= 11 is 3.07. The fourth-order valence-electron chi connectivity index (χ4n) is 1.88. The van der Waals surface area contributed by atoms with Crippen molar-refractivity contribution in [3.63, 3.8) is 0 Å². The summed E-state index contributed by atoms with van der Waals surface area (Å²) in [5, 5.41) is -0.141. The van der Waals surface area contributed by atoms with Crippen LogP contribution in [0, 0.1) is 0 Å². The van der Waals surface area contributed by atoms with Gasteiger partial charge in [-0.05, 0) is 12.8 Å². The van der Waals surface area contributed by atoms with Crippen LogP contribution in [0.3, 0.4) is 0 Å². The molecule has 0 aromatic carbocycles. The topological polar surface area (TPSA) is 34.1 Å². The molecule has 98 valence electrons. The zero-order chi connectivity index (χ0) is 12.4. The second-order valence-electron chi connectivity index (χ2n) is 4.36. The Morgan fingerprint density at radius 3 is 2.06 bits per heavy atom. The number of halogens is 1. The lowest BCUT2D eigenvalue weighted by atomic mass is 10.1. The number of unbranched alkanes of at least 4 members (excludes halogenated alkanes) is 5. The Morgan fingerprint density at radius 2 is 1.56 bits per heavy atom. The maximum Gasteiger partial charge on any atom is 0.163 e. The fraction of sp³-hybridized carbons (Fsp3) is 1.00. The van der Waals surface area contributed by atoms with Gasteiger partial charge in [-0.1, -0.05) is 68.3 Å². The molecule has 0 radical (unpaired) electrons. The van der Waals surface area contributed by atoms with Gasteiger partial charge in [0.15, 0.2) is 9.84 Å². The minimum atomic E-state index is -2.89. The van der Waals surface area contributed by atoms with Crippen molar-refractivity contribution in [2.75, 3.05) is 4.66 Å². The van der Waals surface area contributed by atoms with Crippen molar-refractivity contribution in [3.8, 4) is 0 Å². The fourth-order valence-corrected chi connectivity index (χ4v) is 4.21. The molecule has 0 heterocycles. The van der Waals surface area contributed by atoms with Gasteiger partial charge >= 0.3 is 0 Å². The predicted molar refractivity (Wildman–Crippen MR) is 74.8 cm³/mol. The quantitative estimate of drug-likeness (QED) is 0.445. The molecular formula is C12H25BrO2S. The van der Waals surface area contributed by atoms with E-state index in [9.17, 15) is 8.42 Å². The molecule has 0 N–H and O–H groups in total. The minimum absolute atomic E-state index is 0.105. The molecule has 0 saturated carbocycles. The summed E-state index contributed by atoms with van der Waals surface area (Å²) in [4.78, 5) is 0. The van der Waals surface area contributed by atoms with Crippen molar-refractivity contribution < 1.29 is 8.42 Å². The third-order valence-corrected chi connectivity index (χ3v) is 6.80. The average Bonchev–Trinajstić information content (AvgIpc) is 2.28. The standard InChI is InChI=1S/C12H25BrO2S/c1-3-5-6-7-8-9-10-12(4-2)16(14,15)11-13/h12H,3-11H2,1-2H3. The summed E-state index contributed by atoms with van der Waals surface area (Å²) in [6.45, 7) is 4.16. The Morgan fingerprint density at radius 1 is 1.00 bits per heavy atom. The number of hydrogen-bond acceptors (Lipinski definition) is 2. The Hall–Kier alpha value is 0.430. The summed E-state index contributed by atoms with van der Waals surface area (Å²) in [5.41, 5.74) is 0. The molecule has 0 aliphatic heterocycles. The van der Waals surface area contributed by atoms with Gasteiger partial charge in [0.05, 0.1) is 5.25 Å². The first-order valence-electron chi connectivity index (χ1n) is 6.36. The summed E-state index contributed by atoms with van der Waals surface area (Å²) in [7, 11) is -2.89. The summed E-state index contributed by atoms with van der Waals surface area (Å²) < 4.78 is 23.4. The monoisotopic (exact) mass is 312 g/mol. The molecule has 0 saturated heterocycles. The predicted octanol–water partition coefficient (Wildman–Crippen LogP) is 4.28. The van der Waals surface area contributed by atoms with E-state index in [2.05, 4.69) is 22.9 Å². The molecule has 0 spiro atoms. The summed E-state index contributed by atoms with van der Waals surface area (Å²) in [6, 6.07) is 0. The molecule has 0 aromatic heterocycles. The lowest BCUT2D eigenvalue weighted by molar-refractivity contribution is 0.543. The van der Waals surface area contributed by atoms with Crippen molar-refractivity contribution in [3.05, 3.63) is 0 Å². The first-order chi connectivity index (χ1) is 7.58. The van der Waals surface area contributed by atoms with Crippen molar-refractivity contribution >= 4 is 25.8 Å². The molecule has 0 bridgehead atoms. The van der Waals surface area contributed by atoms with Gasteiger partial charge in [-0.15, -0.1) is 0 Å². The number of hydrogen-bond donors (Lipinski definition) is 0. The summed E-state index contributed by atoms with van der Waals surface area (Å²) in [6.07, 6.45) is 8.89. The molecule has 0 aliphatic carbocycles. The lowest BCUT2D eigenvalue weighted by Crippen LogP contribution is -2.21. The van der Waals surface area contributed by atoms with Gasteiger partial charge in [-0.25, -0.2) is 8.42 Å². The van der Waals surface area contributed by atoms with Crippen molar-refractivity contribution in [2.45, 2.75) is 70.5 Å². The second kappa shape index (κ2) is 9.46. The van der Waals surface area contributed by atoms with Gasteiger partial charge < -0.3 is 0 Å². The Balaban J connectivity index is 3.73. The number of sulfone groups is 1. The molecule has 0 aliphatic rings. The zero-order valence-electron chi connectivity index (χ0n) is 10.5. The average molecular weight is 313 g/mol. The van der Waals surface area contributed by atoms with Crippen molar-refractivity contribution in [2.24, 2.45) is 0 Å². The third-order valence-electron chi connectivity index (χ3n) is 2.99. The van der Waals surface area contributed by atoms with Crippen molar-refractivity contribution in [1.29, 1.82) is 0 Å². The first-order valence-corrected chi connectivity index (χ1v) is 9.19. The van der Waals surface area contributed by atoms with Gasteiger partial charge in [0, 0.05) is 0 Å². The van der Waals surface area contributed by atoms with Gasteiger partial charge in [0.1, 0.15) is 4.66 Å². The summed E-state index contributed by atoms with van der Waals surface area (Å²) in [5.74, 6) is 0. The molecule has 16 heavy (non-hydrogen) atoms. The van der Waals surface area contributed by atoms with Gasteiger partial charge in [-0.2, -0.15) is 0 Å². The second-order valence-corrected chi connectivity index (χ2v) is 7.94. The molecule has 0 fully saturated rings. The molecule has 0 rings (SSSR count). The maximum absolute atomic E-state index is 11.6. The highest BCUT2D eigenvalue weighted by Gasteiger charge is 2.21. The molecule has 2 nitrogen and oxygen atoms in total. The van der Waals surface area contributed by atoms with Crippen LogP contribution in [0.5, 0.6) is 0 Å². The molecule has 0 aromatic rings.